The molecule has 2 aromatic carbocycles. The Balaban J connectivity index is 1.76. The second-order valence-corrected chi connectivity index (χ2v) is 10.9. The summed E-state index contributed by atoms with van der Waals surface area (Å²) in [6.07, 6.45) is 0.224. The van der Waals surface area contributed by atoms with E-state index >= 15 is 0 Å². The van der Waals surface area contributed by atoms with Crippen LogP contribution in [0.1, 0.15) is 23.7 Å². The van der Waals surface area contributed by atoms with Crippen LogP contribution < -0.4 is 19.5 Å². The third-order valence-electron chi connectivity index (χ3n) is 4.68. The van der Waals surface area contributed by atoms with Crippen LogP contribution in [0.4, 0.5) is 5.69 Å². The average Bonchev–Trinajstić information content (AvgIpc) is 3.06. The second kappa shape index (κ2) is 9.25. The van der Waals surface area contributed by atoms with Gasteiger partial charge in [-0.25, -0.2) is 21.6 Å². The first kappa shape index (κ1) is 23.0. The molecule has 1 aliphatic heterocycles. The van der Waals surface area contributed by atoms with Crippen molar-refractivity contribution in [2.24, 2.45) is 0 Å². The topological polar surface area (TPSA) is 128 Å². The minimum Gasteiger partial charge on any atom is -0.493 e. The highest BCUT2D eigenvalue weighted by atomic mass is 32.2. The SMILES string of the molecule is CCOc1ccc(NC(=O)c2cccc(S(=O)(=O)NC3CCS(=O)(=O)C3)c2)cc1OC. The van der Waals surface area contributed by atoms with Gasteiger partial charge in [-0.3, -0.25) is 4.79 Å². The molecule has 3 rings (SSSR count). The highest BCUT2D eigenvalue weighted by Crippen LogP contribution is 2.30. The molecule has 1 unspecified atom stereocenters. The van der Waals surface area contributed by atoms with Crippen LogP contribution >= 0.6 is 0 Å². The first-order valence-corrected chi connectivity index (χ1v) is 12.9. The normalized spacial score (nSPS) is 17.8. The van der Waals surface area contributed by atoms with Crippen molar-refractivity contribution in [3.63, 3.8) is 0 Å². The van der Waals surface area contributed by atoms with Gasteiger partial charge in [0, 0.05) is 23.4 Å². The van der Waals surface area contributed by atoms with Gasteiger partial charge in [-0.2, -0.15) is 0 Å². The van der Waals surface area contributed by atoms with Crippen molar-refractivity contribution in [1.82, 2.24) is 4.72 Å². The van der Waals surface area contributed by atoms with Gasteiger partial charge in [0.15, 0.2) is 21.3 Å². The minimum absolute atomic E-state index is 0.0474. The van der Waals surface area contributed by atoms with Crippen molar-refractivity contribution in [2.45, 2.75) is 24.3 Å². The summed E-state index contributed by atoms with van der Waals surface area (Å²) in [5.41, 5.74) is 0.586. The monoisotopic (exact) mass is 468 g/mol. The molecule has 0 aromatic heterocycles. The molecule has 2 aromatic rings. The molecule has 168 valence electrons. The number of benzene rings is 2. The average molecular weight is 469 g/mol. The molecule has 0 radical (unpaired) electrons. The molecule has 31 heavy (non-hydrogen) atoms. The van der Waals surface area contributed by atoms with Crippen molar-refractivity contribution >= 4 is 31.5 Å². The predicted octanol–water partition coefficient (Wildman–Crippen LogP) is 1.81. The molecular formula is C20H24N2O7S2. The molecule has 1 heterocycles. The maximum atomic E-state index is 12.7. The number of anilines is 1. The zero-order valence-electron chi connectivity index (χ0n) is 17.1. The lowest BCUT2D eigenvalue weighted by molar-refractivity contribution is 0.102. The van der Waals surface area contributed by atoms with Crippen LogP contribution in [-0.4, -0.2) is 54.0 Å². The van der Waals surface area contributed by atoms with Gasteiger partial charge in [-0.1, -0.05) is 6.07 Å². The molecule has 1 amide bonds. The first-order valence-electron chi connectivity index (χ1n) is 9.58. The number of sulfone groups is 1. The highest BCUT2D eigenvalue weighted by molar-refractivity contribution is 7.92. The highest BCUT2D eigenvalue weighted by Gasteiger charge is 2.31. The predicted molar refractivity (Wildman–Crippen MR) is 116 cm³/mol. The molecule has 0 bridgehead atoms. The number of hydrogen-bond acceptors (Lipinski definition) is 7. The Morgan fingerprint density at radius 3 is 2.58 bits per heavy atom. The summed E-state index contributed by atoms with van der Waals surface area (Å²) in [7, 11) is -5.72. The van der Waals surface area contributed by atoms with E-state index in [0.717, 1.165) is 0 Å². The van der Waals surface area contributed by atoms with Gasteiger partial charge >= 0.3 is 0 Å². The van der Waals surface area contributed by atoms with E-state index in [9.17, 15) is 21.6 Å². The number of ether oxygens (including phenoxy) is 2. The van der Waals surface area contributed by atoms with E-state index in [-0.39, 0.29) is 28.4 Å². The first-order chi connectivity index (χ1) is 14.6. The molecule has 0 saturated carbocycles. The van der Waals surface area contributed by atoms with Crippen LogP contribution in [0.3, 0.4) is 0 Å². The van der Waals surface area contributed by atoms with E-state index in [0.29, 0.717) is 23.8 Å². The lowest BCUT2D eigenvalue weighted by Gasteiger charge is -2.13. The zero-order chi connectivity index (χ0) is 22.6. The van der Waals surface area contributed by atoms with Gasteiger partial charge in [-0.05, 0) is 43.7 Å². The third kappa shape index (κ3) is 5.75. The van der Waals surface area contributed by atoms with Gasteiger partial charge in [0.25, 0.3) is 5.91 Å². The molecule has 1 fully saturated rings. The summed E-state index contributed by atoms with van der Waals surface area (Å²) in [6.45, 7) is 2.31. The Bertz CT molecular complexity index is 1180. The summed E-state index contributed by atoms with van der Waals surface area (Å²) >= 11 is 0. The van der Waals surface area contributed by atoms with Crippen LogP contribution in [-0.2, 0) is 19.9 Å². The van der Waals surface area contributed by atoms with Gasteiger partial charge in [0.2, 0.25) is 10.0 Å². The van der Waals surface area contributed by atoms with Crippen LogP contribution in [0.25, 0.3) is 0 Å². The van der Waals surface area contributed by atoms with Crippen LogP contribution in [0.15, 0.2) is 47.4 Å². The van der Waals surface area contributed by atoms with Gasteiger partial charge in [0.05, 0.1) is 30.1 Å². The second-order valence-electron chi connectivity index (χ2n) is 7.00. The molecule has 1 atom stereocenters. The van der Waals surface area contributed by atoms with Crippen molar-refractivity contribution in [1.29, 1.82) is 0 Å². The van der Waals surface area contributed by atoms with E-state index in [2.05, 4.69) is 10.0 Å². The van der Waals surface area contributed by atoms with E-state index in [1.54, 1.807) is 18.2 Å². The number of rotatable bonds is 8. The Morgan fingerprint density at radius 2 is 1.94 bits per heavy atom. The summed E-state index contributed by atoms with van der Waals surface area (Å²) in [4.78, 5) is 12.5. The summed E-state index contributed by atoms with van der Waals surface area (Å²) in [5.74, 6) is 0.203. The van der Waals surface area contributed by atoms with Crippen molar-refractivity contribution < 1.29 is 31.1 Å². The summed E-state index contributed by atoms with van der Waals surface area (Å²) in [5, 5.41) is 2.70. The number of carbonyl (C=O) groups excluding carboxylic acids is 1. The van der Waals surface area contributed by atoms with Gasteiger partial charge < -0.3 is 14.8 Å². The Hall–Kier alpha value is -2.63. The van der Waals surface area contributed by atoms with E-state index in [1.807, 2.05) is 6.92 Å². The smallest absolute Gasteiger partial charge is 0.255 e. The number of amides is 1. The molecule has 9 nitrogen and oxygen atoms in total. The Labute approximate surface area is 181 Å². The zero-order valence-corrected chi connectivity index (χ0v) is 18.8. The van der Waals surface area contributed by atoms with Crippen molar-refractivity contribution in [3.05, 3.63) is 48.0 Å². The summed E-state index contributed by atoms with van der Waals surface area (Å²) < 4.78 is 61.6. The number of sulfonamides is 1. The Morgan fingerprint density at radius 1 is 1.16 bits per heavy atom. The number of nitrogens with one attached hydrogen (secondary N) is 2. The molecule has 1 aliphatic rings. The molecular weight excluding hydrogens is 444 g/mol. The maximum absolute atomic E-state index is 12.7. The van der Waals surface area contributed by atoms with Crippen LogP contribution in [0.2, 0.25) is 0 Å². The van der Waals surface area contributed by atoms with Crippen LogP contribution in [0.5, 0.6) is 11.5 Å². The molecule has 0 aliphatic carbocycles. The molecule has 1 saturated heterocycles. The standard InChI is InChI=1S/C20H24N2O7S2/c1-3-29-18-8-7-15(12-19(18)28-2)21-20(23)14-5-4-6-17(11-14)31(26,27)22-16-9-10-30(24,25)13-16/h4-8,11-12,16,22H,3,9-10,13H2,1-2H3,(H,21,23). The minimum atomic E-state index is -3.98. The fourth-order valence-electron chi connectivity index (χ4n) is 3.20. The van der Waals surface area contributed by atoms with Crippen LogP contribution in [0, 0.1) is 0 Å². The maximum Gasteiger partial charge on any atom is 0.255 e. The fourth-order valence-corrected chi connectivity index (χ4v) is 6.30. The van der Waals surface area contributed by atoms with E-state index < -0.39 is 31.8 Å². The van der Waals surface area contributed by atoms with Crippen molar-refractivity contribution in [2.75, 3.05) is 30.5 Å². The third-order valence-corrected chi connectivity index (χ3v) is 7.97. The quantitative estimate of drug-likeness (QED) is 0.605. The number of carbonyl (C=O) groups is 1. The summed E-state index contributed by atoms with van der Waals surface area (Å²) in [6, 6.07) is 9.77. The largest absolute Gasteiger partial charge is 0.493 e. The number of methoxy groups -OCH3 is 1. The molecule has 0 spiro atoms. The van der Waals surface area contributed by atoms with Gasteiger partial charge in [0.1, 0.15) is 0 Å². The Kier molecular flexibility index (Phi) is 6.87. The van der Waals surface area contributed by atoms with Crippen molar-refractivity contribution in [3.8, 4) is 11.5 Å². The lowest BCUT2D eigenvalue weighted by Crippen LogP contribution is -2.35. The fraction of sp³-hybridized carbons (Fsp3) is 0.350. The van der Waals surface area contributed by atoms with E-state index in [4.69, 9.17) is 9.47 Å². The molecule has 11 heteroatoms. The van der Waals surface area contributed by atoms with Gasteiger partial charge in [-0.15, -0.1) is 0 Å². The number of hydrogen-bond donors (Lipinski definition) is 2. The van der Waals surface area contributed by atoms with E-state index in [1.165, 1.54) is 31.4 Å². The molecule has 2 N–H and O–H groups in total. The lowest BCUT2D eigenvalue weighted by atomic mass is 10.2.